The van der Waals surface area contributed by atoms with Crippen LogP contribution < -0.4 is 0 Å². The maximum absolute atomic E-state index is 2.31. The minimum absolute atomic E-state index is 0.255. The Morgan fingerprint density at radius 2 is 1.56 bits per heavy atom. The van der Waals surface area contributed by atoms with E-state index in [4.69, 9.17) is 0 Å². The maximum Gasteiger partial charge on any atom is -0.00186 e. The molecule has 0 nitrogen and oxygen atoms in total. The summed E-state index contributed by atoms with van der Waals surface area (Å²) < 4.78 is 0. The molecule has 1 rings (SSSR count). The molecule has 1 aromatic carbocycles. The standard InChI is InChI=1S/C17H28S/c1-16(2,3)13-18-12-11-14-9-7-8-10-15(14)17(4,5)6/h7-10H,11-13H2,1-6H3. The van der Waals surface area contributed by atoms with Crippen LogP contribution >= 0.6 is 11.8 Å². The highest BCUT2D eigenvalue weighted by molar-refractivity contribution is 7.99. The Kier molecular flexibility index (Phi) is 5.33. The second kappa shape index (κ2) is 6.14. The van der Waals surface area contributed by atoms with Gasteiger partial charge in [0.2, 0.25) is 0 Å². The van der Waals surface area contributed by atoms with E-state index >= 15 is 0 Å². The van der Waals surface area contributed by atoms with Crippen LogP contribution in [-0.4, -0.2) is 11.5 Å². The molecule has 0 fully saturated rings. The van der Waals surface area contributed by atoms with E-state index in [1.54, 1.807) is 0 Å². The van der Waals surface area contributed by atoms with Gasteiger partial charge in [-0.15, -0.1) is 0 Å². The highest BCUT2D eigenvalue weighted by Crippen LogP contribution is 2.27. The Balaban J connectivity index is 2.58. The first-order valence-electron chi connectivity index (χ1n) is 6.86. The molecule has 0 spiro atoms. The molecular formula is C17H28S. The van der Waals surface area contributed by atoms with E-state index in [0.29, 0.717) is 5.41 Å². The van der Waals surface area contributed by atoms with Gasteiger partial charge in [-0.3, -0.25) is 0 Å². The van der Waals surface area contributed by atoms with Crippen molar-refractivity contribution in [2.45, 2.75) is 53.4 Å². The SMILES string of the molecule is CC(C)(C)CSCCc1ccccc1C(C)(C)C. The molecule has 0 saturated carbocycles. The average molecular weight is 264 g/mol. The molecule has 0 heterocycles. The summed E-state index contributed by atoms with van der Waals surface area (Å²) in [4.78, 5) is 0. The highest BCUT2D eigenvalue weighted by atomic mass is 32.2. The Labute approximate surface area is 118 Å². The monoisotopic (exact) mass is 264 g/mol. The van der Waals surface area contributed by atoms with Crippen LogP contribution in [0.5, 0.6) is 0 Å². The number of aryl methyl sites for hydroxylation is 1. The van der Waals surface area contributed by atoms with Gasteiger partial charge in [-0.05, 0) is 39.9 Å². The third-order valence-electron chi connectivity index (χ3n) is 2.88. The summed E-state index contributed by atoms with van der Waals surface area (Å²) >= 11 is 2.07. The average Bonchev–Trinajstić information content (AvgIpc) is 2.22. The van der Waals surface area contributed by atoms with Gasteiger partial charge in [-0.1, -0.05) is 65.8 Å². The fourth-order valence-electron chi connectivity index (χ4n) is 2.03. The van der Waals surface area contributed by atoms with Crippen LogP contribution in [0.3, 0.4) is 0 Å². The molecule has 0 aliphatic heterocycles. The number of rotatable bonds is 4. The predicted molar refractivity (Wildman–Crippen MR) is 85.6 cm³/mol. The largest absolute Gasteiger partial charge is 0.161 e. The van der Waals surface area contributed by atoms with Gasteiger partial charge in [0.15, 0.2) is 0 Å². The smallest absolute Gasteiger partial charge is 0.00186 e. The van der Waals surface area contributed by atoms with Crippen molar-refractivity contribution in [1.29, 1.82) is 0 Å². The number of benzene rings is 1. The van der Waals surface area contributed by atoms with Gasteiger partial charge in [0.25, 0.3) is 0 Å². The van der Waals surface area contributed by atoms with Crippen molar-refractivity contribution in [2.24, 2.45) is 5.41 Å². The van der Waals surface area contributed by atoms with E-state index in [1.807, 2.05) is 0 Å². The Morgan fingerprint density at radius 3 is 2.11 bits per heavy atom. The van der Waals surface area contributed by atoms with Gasteiger partial charge in [-0.25, -0.2) is 0 Å². The maximum atomic E-state index is 2.31. The third kappa shape index (κ3) is 5.48. The van der Waals surface area contributed by atoms with Crippen molar-refractivity contribution in [1.82, 2.24) is 0 Å². The van der Waals surface area contributed by atoms with Gasteiger partial charge in [0.1, 0.15) is 0 Å². The first kappa shape index (κ1) is 15.6. The van der Waals surface area contributed by atoms with Crippen LogP contribution in [0, 0.1) is 5.41 Å². The molecule has 0 aliphatic carbocycles. The Morgan fingerprint density at radius 1 is 0.944 bits per heavy atom. The van der Waals surface area contributed by atoms with E-state index in [9.17, 15) is 0 Å². The molecule has 0 N–H and O–H groups in total. The van der Waals surface area contributed by atoms with E-state index < -0.39 is 0 Å². The minimum Gasteiger partial charge on any atom is -0.161 e. The molecule has 0 aromatic heterocycles. The van der Waals surface area contributed by atoms with E-state index in [2.05, 4.69) is 77.6 Å². The normalized spacial score (nSPS) is 12.8. The fraction of sp³-hybridized carbons (Fsp3) is 0.647. The lowest BCUT2D eigenvalue weighted by atomic mass is 9.83. The van der Waals surface area contributed by atoms with Gasteiger partial charge >= 0.3 is 0 Å². The first-order valence-corrected chi connectivity index (χ1v) is 8.02. The quantitative estimate of drug-likeness (QED) is 0.664. The van der Waals surface area contributed by atoms with Crippen molar-refractivity contribution in [3.8, 4) is 0 Å². The summed E-state index contributed by atoms with van der Waals surface area (Å²) in [5.41, 5.74) is 3.72. The van der Waals surface area contributed by atoms with Crippen LogP contribution in [0.15, 0.2) is 24.3 Å². The van der Waals surface area contributed by atoms with Crippen LogP contribution in [0.1, 0.15) is 52.7 Å². The zero-order chi connectivity index (χ0) is 13.8. The lowest BCUT2D eigenvalue weighted by Crippen LogP contribution is -2.15. The van der Waals surface area contributed by atoms with Crippen LogP contribution in [-0.2, 0) is 11.8 Å². The van der Waals surface area contributed by atoms with Gasteiger partial charge in [0, 0.05) is 0 Å². The predicted octanol–water partition coefficient (Wildman–Crippen LogP) is 5.31. The van der Waals surface area contributed by atoms with Crippen LogP contribution in [0.4, 0.5) is 0 Å². The molecule has 0 unspecified atom stereocenters. The third-order valence-corrected chi connectivity index (χ3v) is 4.44. The Bertz CT molecular complexity index is 366. The van der Waals surface area contributed by atoms with Crippen LogP contribution in [0.2, 0.25) is 0 Å². The van der Waals surface area contributed by atoms with Crippen molar-refractivity contribution >= 4 is 11.8 Å². The van der Waals surface area contributed by atoms with E-state index in [1.165, 1.54) is 29.1 Å². The summed E-state index contributed by atoms with van der Waals surface area (Å²) in [5, 5.41) is 0. The number of hydrogen-bond acceptors (Lipinski definition) is 1. The summed E-state index contributed by atoms with van der Waals surface area (Å²) in [7, 11) is 0. The molecular weight excluding hydrogens is 236 g/mol. The van der Waals surface area contributed by atoms with Crippen molar-refractivity contribution in [3.05, 3.63) is 35.4 Å². The topological polar surface area (TPSA) is 0 Å². The lowest BCUT2D eigenvalue weighted by Gasteiger charge is -2.23. The van der Waals surface area contributed by atoms with Crippen molar-refractivity contribution in [3.63, 3.8) is 0 Å². The second-order valence-electron chi connectivity index (χ2n) is 7.27. The highest BCUT2D eigenvalue weighted by Gasteiger charge is 2.17. The Hall–Kier alpha value is -0.430. The van der Waals surface area contributed by atoms with Crippen LogP contribution in [0.25, 0.3) is 0 Å². The molecule has 102 valence electrons. The molecule has 0 saturated heterocycles. The fourth-order valence-corrected chi connectivity index (χ4v) is 3.15. The van der Waals surface area contributed by atoms with Crippen molar-refractivity contribution in [2.75, 3.05) is 11.5 Å². The zero-order valence-electron chi connectivity index (χ0n) is 12.8. The van der Waals surface area contributed by atoms with E-state index in [-0.39, 0.29) is 5.41 Å². The molecule has 1 heteroatoms. The molecule has 0 atom stereocenters. The van der Waals surface area contributed by atoms with Gasteiger partial charge < -0.3 is 0 Å². The molecule has 1 aromatic rings. The molecule has 0 bridgehead atoms. The van der Waals surface area contributed by atoms with Crippen molar-refractivity contribution < 1.29 is 0 Å². The summed E-state index contributed by atoms with van der Waals surface area (Å²) in [6.07, 6.45) is 1.19. The second-order valence-corrected chi connectivity index (χ2v) is 8.38. The number of hydrogen-bond donors (Lipinski definition) is 0. The first-order chi connectivity index (χ1) is 8.20. The lowest BCUT2D eigenvalue weighted by molar-refractivity contribution is 0.480. The van der Waals surface area contributed by atoms with E-state index in [0.717, 1.165) is 0 Å². The number of thioether (sulfide) groups is 1. The molecule has 0 radical (unpaired) electrons. The summed E-state index contributed by atoms with van der Waals surface area (Å²) in [5.74, 6) is 2.47. The molecule has 0 amide bonds. The summed E-state index contributed by atoms with van der Waals surface area (Å²) in [6, 6.07) is 8.90. The minimum atomic E-state index is 0.255. The zero-order valence-corrected chi connectivity index (χ0v) is 13.7. The molecule has 0 aliphatic rings. The van der Waals surface area contributed by atoms with Gasteiger partial charge in [-0.2, -0.15) is 11.8 Å². The molecule has 18 heavy (non-hydrogen) atoms. The van der Waals surface area contributed by atoms with Gasteiger partial charge in [0.05, 0.1) is 0 Å². The summed E-state index contributed by atoms with van der Waals surface area (Å²) in [6.45, 7) is 13.8.